The fourth-order valence-electron chi connectivity index (χ4n) is 1.48. The Morgan fingerprint density at radius 3 is 2.93 bits per heavy atom. The SMILES string of the molecule is COc1csc2c(Cl)nc(C)c(C=O)c12. The van der Waals surface area contributed by atoms with Crippen LogP contribution in [0.15, 0.2) is 5.38 Å². The summed E-state index contributed by atoms with van der Waals surface area (Å²) >= 11 is 7.41. The topological polar surface area (TPSA) is 39.2 Å². The zero-order valence-corrected chi connectivity index (χ0v) is 9.78. The van der Waals surface area contributed by atoms with Crippen molar-refractivity contribution in [1.82, 2.24) is 4.98 Å². The van der Waals surface area contributed by atoms with Crippen molar-refractivity contribution in [1.29, 1.82) is 0 Å². The van der Waals surface area contributed by atoms with E-state index >= 15 is 0 Å². The zero-order valence-electron chi connectivity index (χ0n) is 8.20. The fraction of sp³-hybridized carbons (Fsp3) is 0.200. The molecule has 0 fully saturated rings. The Kier molecular flexibility index (Phi) is 2.63. The van der Waals surface area contributed by atoms with Crippen molar-refractivity contribution in [3.63, 3.8) is 0 Å². The van der Waals surface area contributed by atoms with Gasteiger partial charge in [-0.15, -0.1) is 11.3 Å². The Bertz CT molecular complexity index is 536. The number of halogens is 1. The minimum Gasteiger partial charge on any atom is -0.495 e. The quantitative estimate of drug-likeness (QED) is 0.599. The summed E-state index contributed by atoms with van der Waals surface area (Å²) in [5.41, 5.74) is 1.17. The van der Waals surface area contributed by atoms with Crippen LogP contribution in [-0.2, 0) is 0 Å². The highest BCUT2D eigenvalue weighted by atomic mass is 35.5. The van der Waals surface area contributed by atoms with Gasteiger partial charge in [-0.3, -0.25) is 4.79 Å². The first-order valence-corrected chi connectivity index (χ1v) is 5.51. The van der Waals surface area contributed by atoms with Gasteiger partial charge in [-0.25, -0.2) is 4.98 Å². The smallest absolute Gasteiger partial charge is 0.152 e. The lowest BCUT2D eigenvalue weighted by molar-refractivity contribution is 0.112. The highest BCUT2D eigenvalue weighted by molar-refractivity contribution is 7.18. The van der Waals surface area contributed by atoms with Gasteiger partial charge in [0, 0.05) is 10.9 Å². The lowest BCUT2D eigenvalue weighted by atomic mass is 10.1. The first kappa shape index (κ1) is 10.4. The number of thiophene rings is 1. The summed E-state index contributed by atoms with van der Waals surface area (Å²) in [4.78, 5) is 15.1. The van der Waals surface area contributed by atoms with E-state index in [1.807, 2.05) is 5.38 Å². The number of aldehydes is 1. The van der Waals surface area contributed by atoms with Gasteiger partial charge in [0.1, 0.15) is 10.9 Å². The first-order chi connectivity index (χ1) is 7.19. The summed E-state index contributed by atoms with van der Waals surface area (Å²) in [6, 6.07) is 0. The Hall–Kier alpha value is -1.13. The number of rotatable bonds is 2. The van der Waals surface area contributed by atoms with Crippen LogP contribution in [0.5, 0.6) is 5.75 Å². The number of aromatic nitrogens is 1. The highest BCUT2D eigenvalue weighted by Crippen LogP contribution is 2.38. The van der Waals surface area contributed by atoms with Crippen LogP contribution in [0.4, 0.5) is 0 Å². The van der Waals surface area contributed by atoms with Crippen LogP contribution in [0.1, 0.15) is 16.1 Å². The van der Waals surface area contributed by atoms with E-state index in [1.54, 1.807) is 14.0 Å². The van der Waals surface area contributed by atoms with Gasteiger partial charge in [0.2, 0.25) is 0 Å². The molecule has 0 aliphatic carbocycles. The predicted octanol–water partition coefficient (Wildman–Crippen LogP) is 3.08. The molecule has 0 atom stereocenters. The number of fused-ring (bicyclic) bond motifs is 1. The van der Waals surface area contributed by atoms with Crippen LogP contribution in [-0.4, -0.2) is 18.4 Å². The monoisotopic (exact) mass is 241 g/mol. The predicted molar refractivity (Wildman–Crippen MR) is 61.3 cm³/mol. The number of carbonyl (C=O) groups is 1. The van der Waals surface area contributed by atoms with Crippen molar-refractivity contribution < 1.29 is 9.53 Å². The van der Waals surface area contributed by atoms with Gasteiger partial charge in [-0.2, -0.15) is 0 Å². The van der Waals surface area contributed by atoms with Crippen molar-refractivity contribution in [2.24, 2.45) is 0 Å². The maximum absolute atomic E-state index is 11.0. The Morgan fingerprint density at radius 1 is 1.60 bits per heavy atom. The maximum Gasteiger partial charge on any atom is 0.152 e. The van der Waals surface area contributed by atoms with E-state index in [2.05, 4.69) is 4.98 Å². The van der Waals surface area contributed by atoms with Crippen molar-refractivity contribution in [2.45, 2.75) is 6.92 Å². The van der Waals surface area contributed by atoms with E-state index in [-0.39, 0.29) is 0 Å². The number of pyridine rings is 1. The number of nitrogens with zero attached hydrogens (tertiary/aromatic N) is 1. The molecule has 0 saturated heterocycles. The molecule has 0 radical (unpaired) electrons. The van der Waals surface area contributed by atoms with Gasteiger partial charge < -0.3 is 4.74 Å². The second-order valence-corrected chi connectivity index (χ2v) is 4.27. The molecular weight excluding hydrogens is 234 g/mol. The molecular formula is C10H8ClNO2S. The van der Waals surface area contributed by atoms with Crippen LogP contribution < -0.4 is 4.74 Å². The minimum atomic E-state index is 0.418. The molecule has 0 saturated carbocycles. The molecule has 0 bridgehead atoms. The highest BCUT2D eigenvalue weighted by Gasteiger charge is 2.15. The van der Waals surface area contributed by atoms with Gasteiger partial charge in [-0.05, 0) is 6.92 Å². The molecule has 3 nitrogen and oxygen atoms in total. The van der Waals surface area contributed by atoms with Gasteiger partial charge in [0.25, 0.3) is 0 Å². The minimum absolute atomic E-state index is 0.418. The maximum atomic E-state index is 11.0. The average molecular weight is 242 g/mol. The molecule has 0 spiro atoms. The molecule has 78 valence electrons. The number of aryl methyl sites for hydroxylation is 1. The summed E-state index contributed by atoms with van der Waals surface area (Å²) in [7, 11) is 1.57. The Balaban J connectivity index is 2.95. The molecule has 0 aliphatic rings. The summed E-state index contributed by atoms with van der Waals surface area (Å²) in [5, 5.41) is 3.00. The van der Waals surface area contributed by atoms with Crippen LogP contribution in [0.2, 0.25) is 5.15 Å². The van der Waals surface area contributed by atoms with Crippen LogP contribution in [0.25, 0.3) is 10.1 Å². The van der Waals surface area contributed by atoms with Crippen LogP contribution >= 0.6 is 22.9 Å². The first-order valence-electron chi connectivity index (χ1n) is 4.25. The number of ether oxygens (including phenoxy) is 1. The van der Waals surface area contributed by atoms with Gasteiger partial charge in [0.05, 0.1) is 22.9 Å². The number of methoxy groups -OCH3 is 1. The van der Waals surface area contributed by atoms with Gasteiger partial charge >= 0.3 is 0 Å². The molecule has 15 heavy (non-hydrogen) atoms. The lowest BCUT2D eigenvalue weighted by Crippen LogP contribution is -1.93. The summed E-state index contributed by atoms with van der Waals surface area (Å²) < 4.78 is 5.98. The molecule has 2 rings (SSSR count). The molecule has 0 N–H and O–H groups in total. The second kappa shape index (κ2) is 3.79. The second-order valence-electron chi connectivity index (χ2n) is 3.03. The van der Waals surface area contributed by atoms with E-state index in [1.165, 1.54) is 11.3 Å². The fourth-order valence-corrected chi connectivity index (χ4v) is 2.75. The molecule has 0 aromatic carbocycles. The summed E-state index contributed by atoms with van der Waals surface area (Å²) in [5.74, 6) is 0.671. The Labute approximate surface area is 95.6 Å². The van der Waals surface area contributed by atoms with Crippen molar-refractivity contribution in [3.05, 3.63) is 21.8 Å². The number of hydrogen-bond acceptors (Lipinski definition) is 4. The third-order valence-corrected chi connectivity index (χ3v) is 3.56. The van der Waals surface area contributed by atoms with E-state index in [0.29, 0.717) is 22.2 Å². The lowest BCUT2D eigenvalue weighted by Gasteiger charge is -2.03. The molecule has 5 heteroatoms. The molecule has 2 aromatic heterocycles. The molecule has 0 aliphatic heterocycles. The van der Waals surface area contributed by atoms with E-state index in [9.17, 15) is 4.79 Å². The summed E-state index contributed by atoms with van der Waals surface area (Å²) in [6.45, 7) is 1.76. The Morgan fingerprint density at radius 2 is 2.33 bits per heavy atom. The number of carbonyl (C=O) groups excluding carboxylic acids is 1. The molecule has 2 aromatic rings. The van der Waals surface area contributed by atoms with Crippen LogP contribution in [0.3, 0.4) is 0 Å². The van der Waals surface area contributed by atoms with E-state index in [4.69, 9.17) is 16.3 Å². The third-order valence-electron chi connectivity index (χ3n) is 2.21. The third kappa shape index (κ3) is 1.50. The van der Waals surface area contributed by atoms with Gasteiger partial charge in [-0.1, -0.05) is 11.6 Å². The van der Waals surface area contributed by atoms with Crippen molar-refractivity contribution in [2.75, 3.05) is 7.11 Å². The van der Waals surface area contributed by atoms with E-state index < -0.39 is 0 Å². The zero-order chi connectivity index (χ0) is 11.0. The largest absolute Gasteiger partial charge is 0.495 e. The van der Waals surface area contributed by atoms with Crippen molar-refractivity contribution in [3.8, 4) is 5.75 Å². The standard InChI is InChI=1S/C10H8ClNO2S/c1-5-6(3-13)8-7(14-2)4-15-9(8)10(11)12-5/h3-4H,1-2H3. The van der Waals surface area contributed by atoms with Crippen LogP contribution in [0, 0.1) is 6.92 Å². The molecule has 0 amide bonds. The average Bonchev–Trinajstić information content (AvgIpc) is 2.62. The summed E-state index contributed by atoms with van der Waals surface area (Å²) in [6.07, 6.45) is 0.788. The van der Waals surface area contributed by atoms with E-state index in [0.717, 1.165) is 16.4 Å². The molecule has 0 unspecified atom stereocenters. The normalized spacial score (nSPS) is 10.6. The van der Waals surface area contributed by atoms with Crippen molar-refractivity contribution >= 4 is 39.3 Å². The molecule has 2 heterocycles. The number of hydrogen-bond donors (Lipinski definition) is 0. The van der Waals surface area contributed by atoms with Gasteiger partial charge in [0.15, 0.2) is 6.29 Å².